The van der Waals surface area contributed by atoms with Gasteiger partial charge in [-0.25, -0.2) is 4.39 Å². The fourth-order valence-corrected chi connectivity index (χ4v) is 4.38. The minimum Gasteiger partial charge on any atom is -0.481 e. The zero-order valence-electron chi connectivity index (χ0n) is 12.7. The molecule has 3 nitrogen and oxygen atoms in total. The zero-order chi connectivity index (χ0) is 16.0. The molecular weight excluding hydrogens is 293 g/mol. The Balaban J connectivity index is 1.61. The average Bonchev–Trinajstić information content (AvgIpc) is 3.04. The van der Waals surface area contributed by atoms with Gasteiger partial charge >= 0.3 is 5.97 Å². The quantitative estimate of drug-likeness (QED) is 0.860. The first-order chi connectivity index (χ1) is 11.1. The molecule has 0 spiro atoms. The lowest BCUT2D eigenvalue weighted by Gasteiger charge is -2.14. The second kappa shape index (κ2) is 5.44. The minimum atomic E-state index is -0.747. The van der Waals surface area contributed by atoms with Gasteiger partial charge in [0.1, 0.15) is 5.82 Å². The number of halogens is 1. The molecule has 23 heavy (non-hydrogen) atoms. The molecule has 4 heteroatoms. The van der Waals surface area contributed by atoms with Crippen LogP contribution in [-0.2, 0) is 4.79 Å². The fourth-order valence-electron chi connectivity index (χ4n) is 4.38. The molecule has 1 aromatic heterocycles. The van der Waals surface area contributed by atoms with Crippen molar-refractivity contribution in [3.05, 3.63) is 53.5 Å². The van der Waals surface area contributed by atoms with E-state index in [9.17, 15) is 9.18 Å². The van der Waals surface area contributed by atoms with E-state index >= 15 is 0 Å². The molecule has 0 amide bonds. The van der Waals surface area contributed by atoms with Crippen molar-refractivity contribution in [2.75, 3.05) is 0 Å². The molecule has 1 unspecified atom stereocenters. The van der Waals surface area contributed by atoms with Crippen LogP contribution in [0.15, 0.2) is 42.1 Å². The van der Waals surface area contributed by atoms with E-state index in [4.69, 9.17) is 5.11 Å². The molecule has 4 rings (SSSR count). The average molecular weight is 311 g/mol. The fraction of sp³-hybridized carbons (Fsp3) is 0.368. The highest BCUT2D eigenvalue weighted by Crippen LogP contribution is 2.50. The van der Waals surface area contributed by atoms with Gasteiger partial charge in [-0.15, -0.1) is 0 Å². The van der Waals surface area contributed by atoms with Crippen molar-refractivity contribution in [3.8, 4) is 0 Å². The van der Waals surface area contributed by atoms with E-state index in [-0.39, 0.29) is 12.2 Å². The summed E-state index contributed by atoms with van der Waals surface area (Å²) in [4.78, 5) is 15.2. The SMILES string of the molecule is O=C(O)CC1=C[C@H]2C[C@@H](c3ccnc4ccc(F)cc34)CC2C1. The Labute approximate surface area is 133 Å². The Hall–Kier alpha value is -2.23. The normalized spacial score (nSPS) is 26.3. The Morgan fingerprint density at radius 2 is 2.17 bits per heavy atom. The maximum absolute atomic E-state index is 13.6. The Kier molecular flexibility index (Phi) is 3.40. The second-order valence-corrected chi connectivity index (χ2v) is 6.75. The predicted molar refractivity (Wildman–Crippen MR) is 85.6 cm³/mol. The Bertz CT molecular complexity index is 814. The van der Waals surface area contributed by atoms with Gasteiger partial charge in [0.25, 0.3) is 0 Å². The van der Waals surface area contributed by atoms with E-state index in [1.807, 2.05) is 6.07 Å². The summed E-state index contributed by atoms with van der Waals surface area (Å²) in [7, 11) is 0. The first kappa shape index (κ1) is 14.4. The molecule has 1 heterocycles. The first-order valence-corrected chi connectivity index (χ1v) is 8.05. The van der Waals surface area contributed by atoms with Gasteiger partial charge in [0, 0.05) is 11.6 Å². The molecule has 3 atom stereocenters. The summed E-state index contributed by atoms with van der Waals surface area (Å²) >= 11 is 0. The summed E-state index contributed by atoms with van der Waals surface area (Å²) in [6.07, 6.45) is 7.09. The van der Waals surface area contributed by atoms with E-state index in [0.717, 1.165) is 35.7 Å². The van der Waals surface area contributed by atoms with Crippen molar-refractivity contribution < 1.29 is 14.3 Å². The zero-order valence-corrected chi connectivity index (χ0v) is 12.7. The van der Waals surface area contributed by atoms with Crippen LogP contribution in [0.1, 0.15) is 37.2 Å². The number of pyridine rings is 1. The van der Waals surface area contributed by atoms with Crippen molar-refractivity contribution in [1.29, 1.82) is 0 Å². The van der Waals surface area contributed by atoms with E-state index in [1.54, 1.807) is 18.3 Å². The number of carboxylic acids is 1. The molecular formula is C19H18FNO2. The van der Waals surface area contributed by atoms with Crippen LogP contribution in [0.4, 0.5) is 4.39 Å². The number of hydrogen-bond acceptors (Lipinski definition) is 2. The third-order valence-corrected chi connectivity index (χ3v) is 5.28. The summed E-state index contributed by atoms with van der Waals surface area (Å²) in [5.74, 6) is 0.425. The highest BCUT2D eigenvalue weighted by molar-refractivity contribution is 5.82. The molecule has 2 aliphatic rings. The second-order valence-electron chi connectivity index (χ2n) is 6.75. The molecule has 2 aliphatic carbocycles. The number of fused-ring (bicyclic) bond motifs is 2. The van der Waals surface area contributed by atoms with Crippen LogP contribution in [0, 0.1) is 17.7 Å². The summed E-state index contributed by atoms with van der Waals surface area (Å²) in [5, 5.41) is 9.84. The van der Waals surface area contributed by atoms with Gasteiger partial charge in [-0.05, 0) is 66.8 Å². The summed E-state index contributed by atoms with van der Waals surface area (Å²) in [6, 6.07) is 6.77. The highest BCUT2D eigenvalue weighted by atomic mass is 19.1. The number of aliphatic carboxylic acids is 1. The van der Waals surface area contributed by atoms with Crippen LogP contribution in [0.25, 0.3) is 10.9 Å². The predicted octanol–water partition coefficient (Wildman–Crippen LogP) is 4.29. The van der Waals surface area contributed by atoms with Crippen LogP contribution >= 0.6 is 0 Å². The van der Waals surface area contributed by atoms with Crippen molar-refractivity contribution >= 4 is 16.9 Å². The lowest BCUT2D eigenvalue weighted by molar-refractivity contribution is -0.136. The standard InChI is InChI=1S/C19H18FNO2/c20-15-1-2-18-17(10-15)16(3-4-21-18)14-8-12-5-11(7-19(22)23)6-13(12)9-14/h1-5,10,12-14H,6-9H2,(H,22,23)/t12-,13?,14+/m0/s1. The smallest absolute Gasteiger partial charge is 0.307 e. The van der Waals surface area contributed by atoms with Gasteiger partial charge in [-0.1, -0.05) is 11.6 Å². The third kappa shape index (κ3) is 2.62. The van der Waals surface area contributed by atoms with Gasteiger partial charge in [-0.3, -0.25) is 9.78 Å². The van der Waals surface area contributed by atoms with Crippen LogP contribution in [-0.4, -0.2) is 16.1 Å². The minimum absolute atomic E-state index is 0.168. The molecule has 2 aromatic rings. The van der Waals surface area contributed by atoms with E-state index < -0.39 is 5.97 Å². The molecule has 118 valence electrons. The summed E-state index contributed by atoms with van der Waals surface area (Å²) < 4.78 is 13.6. The van der Waals surface area contributed by atoms with Gasteiger partial charge in [-0.2, -0.15) is 0 Å². The maximum Gasteiger partial charge on any atom is 0.307 e. The Morgan fingerprint density at radius 3 is 2.96 bits per heavy atom. The highest BCUT2D eigenvalue weighted by Gasteiger charge is 2.38. The number of aromatic nitrogens is 1. The van der Waals surface area contributed by atoms with Gasteiger partial charge < -0.3 is 5.11 Å². The van der Waals surface area contributed by atoms with Gasteiger partial charge in [0.15, 0.2) is 0 Å². The first-order valence-electron chi connectivity index (χ1n) is 8.05. The monoisotopic (exact) mass is 311 g/mol. The van der Waals surface area contributed by atoms with Crippen LogP contribution in [0.2, 0.25) is 0 Å². The van der Waals surface area contributed by atoms with Crippen molar-refractivity contribution in [2.24, 2.45) is 11.8 Å². The molecule has 0 radical (unpaired) electrons. The number of nitrogens with zero attached hydrogens (tertiary/aromatic N) is 1. The Morgan fingerprint density at radius 1 is 1.30 bits per heavy atom. The van der Waals surface area contributed by atoms with E-state index in [1.165, 1.54) is 11.6 Å². The van der Waals surface area contributed by atoms with E-state index in [0.29, 0.717) is 17.8 Å². The van der Waals surface area contributed by atoms with Crippen LogP contribution < -0.4 is 0 Å². The number of allylic oxidation sites excluding steroid dienone is 1. The third-order valence-electron chi connectivity index (χ3n) is 5.28. The van der Waals surface area contributed by atoms with Crippen molar-refractivity contribution in [3.63, 3.8) is 0 Å². The van der Waals surface area contributed by atoms with E-state index in [2.05, 4.69) is 11.1 Å². The van der Waals surface area contributed by atoms with Crippen molar-refractivity contribution in [2.45, 2.75) is 31.6 Å². The number of hydrogen-bond donors (Lipinski definition) is 1. The molecule has 0 bridgehead atoms. The van der Waals surface area contributed by atoms with Gasteiger partial charge in [0.05, 0.1) is 11.9 Å². The lowest BCUT2D eigenvalue weighted by atomic mass is 9.91. The number of rotatable bonds is 3. The van der Waals surface area contributed by atoms with Crippen LogP contribution in [0.5, 0.6) is 0 Å². The molecule has 0 saturated heterocycles. The van der Waals surface area contributed by atoms with Gasteiger partial charge in [0.2, 0.25) is 0 Å². The lowest BCUT2D eigenvalue weighted by Crippen LogP contribution is -2.00. The largest absolute Gasteiger partial charge is 0.481 e. The molecule has 1 aromatic carbocycles. The molecule has 0 aliphatic heterocycles. The maximum atomic E-state index is 13.6. The number of carbonyl (C=O) groups is 1. The number of benzene rings is 1. The molecule has 1 fully saturated rings. The van der Waals surface area contributed by atoms with Crippen molar-refractivity contribution in [1.82, 2.24) is 4.98 Å². The van der Waals surface area contributed by atoms with Crippen LogP contribution in [0.3, 0.4) is 0 Å². The molecule has 1 N–H and O–H groups in total. The molecule has 1 saturated carbocycles. The summed E-state index contributed by atoms with van der Waals surface area (Å²) in [6.45, 7) is 0. The number of carboxylic acid groups (broad SMARTS) is 1. The summed E-state index contributed by atoms with van der Waals surface area (Å²) in [5.41, 5.74) is 3.08. The topological polar surface area (TPSA) is 50.2 Å².